The first-order valence-electron chi connectivity index (χ1n) is 7.33. The standard InChI is InChI=1S/C17H18N2O4/c20-15(21)9-5-4-8-13-16(22)18-14(19-17(13)23)11-10-12-6-2-1-3-7-12/h1-3,6-7,10-11H,4-5,8-9H2,(H,20,21)(H2,18,19,22,23)/b11-10+. The Labute approximate surface area is 133 Å². The molecule has 0 bridgehead atoms. The van der Waals surface area contributed by atoms with Crippen LogP contribution in [0.1, 0.15) is 36.2 Å². The summed E-state index contributed by atoms with van der Waals surface area (Å²) in [5.41, 5.74) is 0.736. The summed E-state index contributed by atoms with van der Waals surface area (Å²) in [6, 6.07) is 9.51. The van der Waals surface area contributed by atoms with Crippen molar-refractivity contribution in [1.82, 2.24) is 9.97 Å². The average Bonchev–Trinajstić information content (AvgIpc) is 2.52. The number of benzene rings is 1. The van der Waals surface area contributed by atoms with Gasteiger partial charge in [0.1, 0.15) is 5.82 Å². The average molecular weight is 314 g/mol. The predicted molar refractivity (Wildman–Crippen MR) is 87.1 cm³/mol. The number of nitrogens with zero attached hydrogens (tertiary/aromatic N) is 1. The molecule has 6 nitrogen and oxygen atoms in total. The van der Waals surface area contributed by atoms with E-state index >= 15 is 0 Å². The molecule has 1 aromatic carbocycles. The SMILES string of the molecule is O=C(O)CCCCc1c(O)nc(/C=C/c2ccccc2)[nH]c1=O. The molecule has 0 saturated heterocycles. The molecule has 0 aliphatic rings. The molecule has 23 heavy (non-hydrogen) atoms. The van der Waals surface area contributed by atoms with E-state index in [0.29, 0.717) is 19.3 Å². The molecule has 2 aromatic rings. The first-order valence-corrected chi connectivity index (χ1v) is 7.33. The lowest BCUT2D eigenvalue weighted by Gasteiger charge is -2.03. The van der Waals surface area contributed by atoms with Gasteiger partial charge in [-0.3, -0.25) is 9.59 Å². The van der Waals surface area contributed by atoms with Gasteiger partial charge in [0.15, 0.2) is 0 Å². The van der Waals surface area contributed by atoms with Crippen LogP contribution in [-0.2, 0) is 11.2 Å². The number of hydrogen-bond acceptors (Lipinski definition) is 4. The van der Waals surface area contributed by atoms with Crippen molar-refractivity contribution in [3.63, 3.8) is 0 Å². The van der Waals surface area contributed by atoms with E-state index in [2.05, 4.69) is 9.97 Å². The number of hydrogen-bond donors (Lipinski definition) is 3. The fourth-order valence-electron chi connectivity index (χ4n) is 2.12. The number of rotatable bonds is 7. The van der Waals surface area contributed by atoms with Crippen molar-refractivity contribution in [2.75, 3.05) is 0 Å². The zero-order valence-corrected chi connectivity index (χ0v) is 12.5. The Morgan fingerprint density at radius 3 is 2.57 bits per heavy atom. The topological polar surface area (TPSA) is 103 Å². The van der Waals surface area contributed by atoms with Crippen LogP contribution in [0.3, 0.4) is 0 Å². The summed E-state index contributed by atoms with van der Waals surface area (Å²) in [5.74, 6) is -0.912. The van der Waals surface area contributed by atoms with Crippen LogP contribution < -0.4 is 5.56 Å². The van der Waals surface area contributed by atoms with Crippen LogP contribution in [0.25, 0.3) is 12.2 Å². The van der Waals surface area contributed by atoms with Crippen LogP contribution in [0.5, 0.6) is 5.88 Å². The van der Waals surface area contributed by atoms with E-state index in [-0.39, 0.29) is 23.7 Å². The van der Waals surface area contributed by atoms with Gasteiger partial charge in [-0.15, -0.1) is 0 Å². The zero-order valence-electron chi connectivity index (χ0n) is 12.5. The zero-order chi connectivity index (χ0) is 16.7. The predicted octanol–water partition coefficient (Wildman–Crippen LogP) is 2.44. The lowest BCUT2D eigenvalue weighted by Crippen LogP contribution is -2.15. The molecule has 6 heteroatoms. The van der Waals surface area contributed by atoms with E-state index in [1.54, 1.807) is 12.2 Å². The summed E-state index contributed by atoms with van der Waals surface area (Å²) in [7, 11) is 0. The Morgan fingerprint density at radius 2 is 1.91 bits per heavy atom. The summed E-state index contributed by atoms with van der Waals surface area (Å²) in [6.45, 7) is 0. The molecule has 0 aliphatic heterocycles. The van der Waals surface area contributed by atoms with E-state index in [1.807, 2.05) is 30.3 Å². The minimum absolute atomic E-state index is 0.0456. The van der Waals surface area contributed by atoms with Gasteiger partial charge in [0, 0.05) is 6.42 Å². The van der Waals surface area contributed by atoms with E-state index in [0.717, 1.165) is 5.56 Å². The van der Waals surface area contributed by atoms with E-state index in [1.165, 1.54) is 0 Å². The number of aromatic hydroxyl groups is 1. The number of aliphatic carboxylic acids is 1. The maximum Gasteiger partial charge on any atom is 0.303 e. The molecule has 2 rings (SSSR count). The molecule has 0 amide bonds. The largest absolute Gasteiger partial charge is 0.493 e. The molecule has 1 heterocycles. The monoisotopic (exact) mass is 314 g/mol. The fraction of sp³-hybridized carbons (Fsp3) is 0.235. The quantitative estimate of drug-likeness (QED) is 0.681. The Balaban J connectivity index is 2.06. The van der Waals surface area contributed by atoms with E-state index < -0.39 is 11.5 Å². The maximum atomic E-state index is 12.0. The molecule has 0 radical (unpaired) electrons. The van der Waals surface area contributed by atoms with Crippen LogP contribution in [0.4, 0.5) is 0 Å². The van der Waals surface area contributed by atoms with Gasteiger partial charge in [-0.1, -0.05) is 36.4 Å². The van der Waals surface area contributed by atoms with E-state index in [9.17, 15) is 14.7 Å². The summed E-state index contributed by atoms with van der Waals surface area (Å²) in [4.78, 5) is 29.0. The Kier molecular flexibility index (Phi) is 5.68. The van der Waals surface area contributed by atoms with Gasteiger partial charge < -0.3 is 15.2 Å². The van der Waals surface area contributed by atoms with Crippen molar-refractivity contribution in [1.29, 1.82) is 0 Å². The number of unbranched alkanes of at least 4 members (excludes halogenated alkanes) is 1. The third-order valence-corrected chi connectivity index (χ3v) is 3.31. The second-order valence-electron chi connectivity index (χ2n) is 5.10. The number of carboxylic acid groups (broad SMARTS) is 1. The second kappa shape index (κ2) is 7.93. The van der Waals surface area contributed by atoms with Crippen molar-refractivity contribution < 1.29 is 15.0 Å². The summed E-state index contributed by atoms with van der Waals surface area (Å²) in [5, 5.41) is 18.5. The van der Waals surface area contributed by atoms with Crippen molar-refractivity contribution >= 4 is 18.1 Å². The molecule has 0 saturated carbocycles. The molecule has 0 unspecified atom stereocenters. The molecule has 0 aliphatic carbocycles. The second-order valence-corrected chi connectivity index (χ2v) is 5.10. The minimum atomic E-state index is -0.873. The van der Waals surface area contributed by atoms with Crippen molar-refractivity contribution in [3.8, 4) is 5.88 Å². The van der Waals surface area contributed by atoms with Crippen LogP contribution in [0.15, 0.2) is 35.1 Å². The smallest absolute Gasteiger partial charge is 0.303 e. The Morgan fingerprint density at radius 1 is 1.17 bits per heavy atom. The Bertz CT molecular complexity index is 751. The van der Waals surface area contributed by atoms with Gasteiger partial charge in [0.05, 0.1) is 5.56 Å². The van der Waals surface area contributed by atoms with Crippen molar-refractivity contribution in [2.24, 2.45) is 0 Å². The number of aromatic amines is 1. The number of H-pyrrole nitrogens is 1. The number of carboxylic acids is 1. The van der Waals surface area contributed by atoms with Gasteiger partial charge in [-0.25, -0.2) is 0 Å². The number of aromatic nitrogens is 2. The molecular formula is C17H18N2O4. The molecule has 120 valence electrons. The number of nitrogens with one attached hydrogen (secondary N) is 1. The highest BCUT2D eigenvalue weighted by Crippen LogP contribution is 2.13. The minimum Gasteiger partial charge on any atom is -0.493 e. The fourth-order valence-corrected chi connectivity index (χ4v) is 2.12. The first-order chi connectivity index (χ1) is 11.1. The highest BCUT2D eigenvalue weighted by atomic mass is 16.4. The molecule has 3 N–H and O–H groups in total. The van der Waals surface area contributed by atoms with Gasteiger partial charge in [0.2, 0.25) is 5.88 Å². The van der Waals surface area contributed by atoms with Crippen LogP contribution in [-0.4, -0.2) is 26.2 Å². The summed E-state index contributed by atoms with van der Waals surface area (Å²) < 4.78 is 0. The molecule has 0 atom stereocenters. The third kappa shape index (κ3) is 5.10. The molecule has 0 fully saturated rings. The first kappa shape index (κ1) is 16.5. The van der Waals surface area contributed by atoms with Crippen LogP contribution in [0, 0.1) is 0 Å². The highest BCUT2D eigenvalue weighted by Gasteiger charge is 2.09. The van der Waals surface area contributed by atoms with Gasteiger partial charge in [0.25, 0.3) is 5.56 Å². The van der Waals surface area contributed by atoms with Gasteiger partial charge >= 0.3 is 5.97 Å². The third-order valence-electron chi connectivity index (χ3n) is 3.31. The van der Waals surface area contributed by atoms with Gasteiger partial charge in [-0.2, -0.15) is 4.98 Å². The van der Waals surface area contributed by atoms with Crippen molar-refractivity contribution in [2.45, 2.75) is 25.7 Å². The maximum absolute atomic E-state index is 12.0. The molecule has 1 aromatic heterocycles. The Hall–Kier alpha value is -2.89. The molecule has 0 spiro atoms. The highest BCUT2D eigenvalue weighted by molar-refractivity contribution is 5.67. The van der Waals surface area contributed by atoms with Crippen LogP contribution >= 0.6 is 0 Å². The van der Waals surface area contributed by atoms with Crippen molar-refractivity contribution in [3.05, 3.63) is 57.6 Å². The lowest BCUT2D eigenvalue weighted by atomic mass is 10.1. The lowest BCUT2D eigenvalue weighted by molar-refractivity contribution is -0.137. The van der Waals surface area contributed by atoms with Gasteiger partial charge in [-0.05, 0) is 30.9 Å². The summed E-state index contributed by atoms with van der Waals surface area (Å²) >= 11 is 0. The van der Waals surface area contributed by atoms with Crippen LogP contribution in [0.2, 0.25) is 0 Å². The number of carbonyl (C=O) groups is 1. The summed E-state index contributed by atoms with van der Waals surface area (Å²) in [6.07, 6.45) is 4.69. The van der Waals surface area contributed by atoms with E-state index in [4.69, 9.17) is 5.11 Å². The normalized spacial score (nSPS) is 11.0. The molecular weight excluding hydrogens is 296 g/mol.